The van der Waals surface area contributed by atoms with Crippen LogP contribution in [0.15, 0.2) is 60.7 Å². The van der Waals surface area contributed by atoms with Gasteiger partial charge in [-0.25, -0.2) is 4.79 Å². The molecule has 0 bridgehead atoms. The van der Waals surface area contributed by atoms with E-state index >= 15 is 0 Å². The molecule has 1 atom stereocenters. The molecular formula is C21H23N3O2. The van der Waals surface area contributed by atoms with Gasteiger partial charge in [0.05, 0.1) is 5.41 Å². The van der Waals surface area contributed by atoms with Crippen LogP contribution in [0.5, 0.6) is 0 Å². The lowest BCUT2D eigenvalue weighted by molar-refractivity contribution is -0.127. The Hall–Kier alpha value is -2.82. The van der Waals surface area contributed by atoms with E-state index in [1.54, 1.807) is 4.90 Å². The summed E-state index contributed by atoms with van der Waals surface area (Å²) in [5, 5.41) is 2.94. The minimum atomic E-state index is -0.442. The third-order valence-corrected chi connectivity index (χ3v) is 5.47. The summed E-state index contributed by atoms with van der Waals surface area (Å²) in [5.74, 6) is 0.154. The van der Waals surface area contributed by atoms with Gasteiger partial charge < -0.3 is 15.1 Å². The number of nitrogens with zero attached hydrogens (tertiary/aromatic N) is 2. The fourth-order valence-electron chi connectivity index (χ4n) is 4.08. The van der Waals surface area contributed by atoms with Gasteiger partial charge in [0.2, 0.25) is 5.91 Å². The number of carbonyl (C=O) groups excluding carboxylic acids is 2. The molecule has 3 amide bonds. The van der Waals surface area contributed by atoms with E-state index in [1.165, 1.54) is 0 Å². The average Bonchev–Trinajstić information content (AvgIpc) is 2.99. The summed E-state index contributed by atoms with van der Waals surface area (Å²) in [6.07, 6.45) is 2.51. The van der Waals surface area contributed by atoms with Gasteiger partial charge in [-0.3, -0.25) is 4.79 Å². The number of carbonyl (C=O) groups is 2. The molecule has 2 fully saturated rings. The molecule has 5 nitrogen and oxygen atoms in total. The third kappa shape index (κ3) is 3.05. The van der Waals surface area contributed by atoms with Crippen molar-refractivity contribution in [1.82, 2.24) is 4.90 Å². The number of para-hydroxylation sites is 2. The molecule has 134 valence electrons. The van der Waals surface area contributed by atoms with E-state index < -0.39 is 5.41 Å². The van der Waals surface area contributed by atoms with E-state index in [4.69, 9.17) is 0 Å². The number of anilines is 2. The summed E-state index contributed by atoms with van der Waals surface area (Å²) in [5.41, 5.74) is 1.28. The summed E-state index contributed by atoms with van der Waals surface area (Å²) in [6.45, 7) is 1.91. The summed E-state index contributed by atoms with van der Waals surface area (Å²) >= 11 is 0. The predicted molar refractivity (Wildman–Crippen MR) is 102 cm³/mol. The zero-order valence-electron chi connectivity index (χ0n) is 14.7. The molecule has 0 saturated carbocycles. The standard InChI is InChI=1S/C21H23N3O2/c25-19-21(13-15-24(19)18-10-5-2-6-11-18)12-7-14-23(16-21)20(26)22-17-8-3-1-4-9-17/h1-6,8-11H,7,12-16H2,(H,22,26). The van der Waals surface area contributed by atoms with Crippen molar-refractivity contribution in [3.63, 3.8) is 0 Å². The van der Waals surface area contributed by atoms with Gasteiger partial charge in [-0.2, -0.15) is 0 Å². The molecule has 0 aromatic heterocycles. The van der Waals surface area contributed by atoms with Crippen LogP contribution in [-0.4, -0.2) is 36.5 Å². The number of urea groups is 1. The summed E-state index contributed by atoms with van der Waals surface area (Å²) in [4.78, 5) is 29.5. The van der Waals surface area contributed by atoms with Crippen molar-refractivity contribution >= 4 is 23.3 Å². The Morgan fingerprint density at radius 2 is 1.62 bits per heavy atom. The van der Waals surface area contributed by atoms with Gasteiger partial charge in [0.15, 0.2) is 0 Å². The first-order valence-corrected chi connectivity index (χ1v) is 9.16. The first-order valence-electron chi connectivity index (χ1n) is 9.16. The Labute approximate surface area is 153 Å². The number of rotatable bonds is 2. The molecule has 1 N–H and O–H groups in total. The highest BCUT2D eigenvalue weighted by Gasteiger charge is 2.50. The Balaban J connectivity index is 1.48. The molecule has 2 saturated heterocycles. The Morgan fingerprint density at radius 3 is 2.35 bits per heavy atom. The van der Waals surface area contributed by atoms with Crippen LogP contribution in [0.1, 0.15) is 19.3 Å². The molecular weight excluding hydrogens is 326 g/mol. The molecule has 2 aromatic rings. The van der Waals surface area contributed by atoms with Gasteiger partial charge in [0, 0.05) is 31.0 Å². The number of amides is 3. The van der Waals surface area contributed by atoms with Crippen molar-refractivity contribution in [1.29, 1.82) is 0 Å². The normalized spacial score (nSPS) is 22.7. The van der Waals surface area contributed by atoms with E-state index in [-0.39, 0.29) is 11.9 Å². The number of piperidine rings is 1. The Kier molecular flexibility index (Phi) is 4.37. The molecule has 1 spiro atoms. The van der Waals surface area contributed by atoms with Crippen LogP contribution >= 0.6 is 0 Å². The lowest BCUT2D eigenvalue weighted by Crippen LogP contribution is -2.51. The van der Waals surface area contributed by atoms with Crippen LogP contribution < -0.4 is 10.2 Å². The number of hydrogen-bond donors (Lipinski definition) is 1. The average molecular weight is 349 g/mol. The van der Waals surface area contributed by atoms with Crippen LogP contribution in [0.2, 0.25) is 0 Å². The molecule has 26 heavy (non-hydrogen) atoms. The molecule has 2 aliphatic heterocycles. The van der Waals surface area contributed by atoms with Crippen molar-refractivity contribution in [2.24, 2.45) is 5.41 Å². The van der Waals surface area contributed by atoms with Crippen LogP contribution in [0.25, 0.3) is 0 Å². The summed E-state index contributed by atoms with van der Waals surface area (Å²) < 4.78 is 0. The highest BCUT2D eigenvalue weighted by molar-refractivity contribution is 6.00. The van der Waals surface area contributed by atoms with E-state index in [0.717, 1.165) is 37.2 Å². The van der Waals surface area contributed by atoms with Gasteiger partial charge >= 0.3 is 6.03 Å². The van der Waals surface area contributed by atoms with E-state index in [2.05, 4.69) is 5.32 Å². The number of benzene rings is 2. The fourth-order valence-corrected chi connectivity index (χ4v) is 4.08. The monoisotopic (exact) mass is 349 g/mol. The van der Waals surface area contributed by atoms with Gasteiger partial charge in [-0.15, -0.1) is 0 Å². The van der Waals surface area contributed by atoms with Gasteiger partial charge in [-0.1, -0.05) is 36.4 Å². The number of hydrogen-bond acceptors (Lipinski definition) is 2. The second-order valence-corrected chi connectivity index (χ2v) is 7.14. The van der Waals surface area contributed by atoms with Crippen molar-refractivity contribution in [3.8, 4) is 0 Å². The number of nitrogens with one attached hydrogen (secondary N) is 1. The maximum Gasteiger partial charge on any atom is 0.321 e. The quantitative estimate of drug-likeness (QED) is 0.898. The summed E-state index contributed by atoms with van der Waals surface area (Å²) in [7, 11) is 0. The first-order chi connectivity index (χ1) is 12.7. The molecule has 2 aliphatic rings. The lowest BCUT2D eigenvalue weighted by atomic mass is 9.78. The van der Waals surface area contributed by atoms with Crippen molar-refractivity contribution in [2.75, 3.05) is 29.9 Å². The first kappa shape index (κ1) is 16.6. The van der Waals surface area contributed by atoms with Crippen molar-refractivity contribution in [2.45, 2.75) is 19.3 Å². The smallest absolute Gasteiger partial charge is 0.321 e. The molecule has 2 aromatic carbocycles. The van der Waals surface area contributed by atoms with Gasteiger partial charge in [0.1, 0.15) is 0 Å². The summed E-state index contributed by atoms with van der Waals surface area (Å²) in [6, 6.07) is 19.1. The fraction of sp³-hybridized carbons (Fsp3) is 0.333. The molecule has 5 heteroatoms. The molecule has 0 radical (unpaired) electrons. The SMILES string of the molecule is O=C(Nc1ccccc1)N1CCCC2(CCN(c3ccccc3)C2=O)C1. The van der Waals surface area contributed by atoms with E-state index in [1.807, 2.05) is 65.6 Å². The highest BCUT2D eigenvalue weighted by Crippen LogP contribution is 2.41. The second kappa shape index (κ2) is 6.83. The Bertz CT molecular complexity index is 793. The van der Waals surface area contributed by atoms with Gasteiger partial charge in [0.25, 0.3) is 0 Å². The largest absolute Gasteiger partial charge is 0.323 e. The second-order valence-electron chi connectivity index (χ2n) is 7.14. The predicted octanol–water partition coefficient (Wildman–Crippen LogP) is 3.74. The lowest BCUT2D eigenvalue weighted by Gasteiger charge is -2.39. The molecule has 4 rings (SSSR count). The molecule has 1 unspecified atom stereocenters. The highest BCUT2D eigenvalue weighted by atomic mass is 16.2. The minimum absolute atomic E-state index is 0.124. The maximum absolute atomic E-state index is 13.2. The van der Waals surface area contributed by atoms with Crippen LogP contribution in [0.4, 0.5) is 16.2 Å². The van der Waals surface area contributed by atoms with Crippen molar-refractivity contribution in [3.05, 3.63) is 60.7 Å². The van der Waals surface area contributed by atoms with E-state index in [9.17, 15) is 9.59 Å². The molecule has 2 heterocycles. The topological polar surface area (TPSA) is 52.7 Å². The van der Waals surface area contributed by atoms with Gasteiger partial charge in [-0.05, 0) is 43.5 Å². The van der Waals surface area contributed by atoms with Crippen molar-refractivity contribution < 1.29 is 9.59 Å². The Morgan fingerprint density at radius 1 is 0.923 bits per heavy atom. The number of likely N-dealkylation sites (tertiary alicyclic amines) is 1. The zero-order valence-corrected chi connectivity index (χ0v) is 14.7. The van der Waals surface area contributed by atoms with Crippen LogP contribution in [0, 0.1) is 5.41 Å². The van der Waals surface area contributed by atoms with Crippen LogP contribution in [-0.2, 0) is 4.79 Å². The van der Waals surface area contributed by atoms with Crippen LogP contribution in [0.3, 0.4) is 0 Å². The van der Waals surface area contributed by atoms with E-state index in [0.29, 0.717) is 13.1 Å². The zero-order chi connectivity index (χ0) is 18.0. The third-order valence-electron chi connectivity index (χ3n) is 5.47. The minimum Gasteiger partial charge on any atom is -0.323 e. The molecule has 0 aliphatic carbocycles. The maximum atomic E-state index is 13.2.